The molecule has 0 bridgehead atoms. The number of rotatable bonds is 5. The molecular weight excluding hydrogens is 304 g/mol. The van der Waals surface area contributed by atoms with Gasteiger partial charge in [0, 0.05) is 11.1 Å². The number of hydrogen-bond acceptors (Lipinski definition) is 6. The standard InChI is InChI=1S/C15H18N2O4S/c1-5-10-6-11(13(18)19)12(22-10)17-8-9(7-16)14(20)21-15(2,3)4/h6,8,17H,5H2,1-4H3,(H,18,19). The van der Waals surface area contributed by atoms with Crippen LogP contribution in [-0.2, 0) is 16.0 Å². The van der Waals surface area contributed by atoms with Gasteiger partial charge in [-0.25, -0.2) is 9.59 Å². The Morgan fingerprint density at radius 3 is 2.59 bits per heavy atom. The zero-order valence-corrected chi connectivity index (χ0v) is 13.7. The molecule has 1 rings (SSSR count). The molecule has 22 heavy (non-hydrogen) atoms. The summed E-state index contributed by atoms with van der Waals surface area (Å²) in [6.45, 7) is 7.01. The van der Waals surface area contributed by atoms with E-state index in [4.69, 9.17) is 15.1 Å². The molecule has 0 saturated carbocycles. The Morgan fingerprint density at radius 1 is 1.50 bits per heavy atom. The van der Waals surface area contributed by atoms with Crippen molar-refractivity contribution in [3.05, 3.63) is 28.3 Å². The van der Waals surface area contributed by atoms with Crippen molar-refractivity contribution in [3.8, 4) is 6.07 Å². The Labute approximate surface area is 133 Å². The Bertz CT molecular complexity index is 647. The quantitative estimate of drug-likeness (QED) is 0.491. The number of ether oxygens (including phenoxy) is 1. The van der Waals surface area contributed by atoms with Gasteiger partial charge in [-0.1, -0.05) is 6.92 Å². The number of carboxylic acid groups (broad SMARTS) is 1. The molecule has 1 aromatic heterocycles. The maximum atomic E-state index is 11.8. The second kappa shape index (κ2) is 7.09. The van der Waals surface area contributed by atoms with Crippen LogP contribution in [0, 0.1) is 11.3 Å². The highest BCUT2D eigenvalue weighted by atomic mass is 32.1. The zero-order valence-electron chi connectivity index (χ0n) is 12.9. The van der Waals surface area contributed by atoms with Gasteiger partial charge < -0.3 is 15.2 Å². The number of anilines is 1. The van der Waals surface area contributed by atoms with Gasteiger partial charge in [0.05, 0.1) is 5.56 Å². The van der Waals surface area contributed by atoms with Gasteiger partial charge in [0.1, 0.15) is 16.7 Å². The molecule has 0 spiro atoms. The first-order valence-corrected chi connectivity index (χ1v) is 7.45. The van der Waals surface area contributed by atoms with Gasteiger partial charge in [-0.3, -0.25) is 0 Å². The van der Waals surface area contributed by atoms with Crippen LogP contribution in [0.1, 0.15) is 42.9 Å². The van der Waals surface area contributed by atoms with E-state index in [0.717, 1.165) is 4.88 Å². The summed E-state index contributed by atoms with van der Waals surface area (Å²) in [6.07, 6.45) is 1.87. The first-order chi connectivity index (χ1) is 10.2. The molecule has 0 aliphatic carbocycles. The lowest BCUT2D eigenvalue weighted by molar-refractivity contribution is -0.149. The van der Waals surface area contributed by atoms with E-state index in [1.165, 1.54) is 17.5 Å². The summed E-state index contributed by atoms with van der Waals surface area (Å²) < 4.78 is 5.10. The van der Waals surface area contributed by atoms with Crippen molar-refractivity contribution in [2.75, 3.05) is 5.32 Å². The fraction of sp³-hybridized carbons (Fsp3) is 0.400. The molecule has 0 unspecified atom stereocenters. The van der Waals surface area contributed by atoms with Crippen LogP contribution in [0.15, 0.2) is 17.8 Å². The summed E-state index contributed by atoms with van der Waals surface area (Å²) in [5, 5.41) is 21.3. The topological polar surface area (TPSA) is 99.4 Å². The Balaban J connectivity index is 2.98. The molecule has 0 aliphatic rings. The molecule has 2 N–H and O–H groups in total. The van der Waals surface area contributed by atoms with E-state index in [9.17, 15) is 9.59 Å². The summed E-state index contributed by atoms with van der Waals surface area (Å²) in [7, 11) is 0. The molecule has 0 radical (unpaired) electrons. The van der Waals surface area contributed by atoms with Gasteiger partial charge in [-0.2, -0.15) is 5.26 Å². The molecule has 0 fully saturated rings. The maximum absolute atomic E-state index is 11.8. The molecule has 0 saturated heterocycles. The molecule has 1 aromatic rings. The third-order valence-electron chi connectivity index (χ3n) is 2.45. The number of thiophene rings is 1. The van der Waals surface area contributed by atoms with Gasteiger partial charge in [-0.05, 0) is 33.3 Å². The molecule has 0 amide bonds. The Morgan fingerprint density at radius 2 is 2.14 bits per heavy atom. The van der Waals surface area contributed by atoms with E-state index in [1.807, 2.05) is 6.92 Å². The number of hydrogen-bond donors (Lipinski definition) is 2. The third-order valence-corrected chi connectivity index (χ3v) is 3.66. The lowest BCUT2D eigenvalue weighted by atomic mass is 10.2. The molecule has 0 atom stereocenters. The minimum absolute atomic E-state index is 0.111. The van der Waals surface area contributed by atoms with Gasteiger partial charge >= 0.3 is 11.9 Å². The number of carbonyl (C=O) groups excluding carboxylic acids is 1. The SMILES string of the molecule is CCc1cc(C(=O)O)c(NC=C(C#N)C(=O)OC(C)(C)C)s1. The van der Waals surface area contributed by atoms with E-state index < -0.39 is 17.5 Å². The zero-order chi connectivity index (χ0) is 16.9. The minimum Gasteiger partial charge on any atom is -0.478 e. The van der Waals surface area contributed by atoms with Gasteiger partial charge in [0.2, 0.25) is 0 Å². The van der Waals surface area contributed by atoms with Crippen molar-refractivity contribution < 1.29 is 19.4 Å². The molecule has 118 valence electrons. The number of aryl methyl sites for hydroxylation is 1. The Kier molecular flexibility index (Phi) is 5.71. The monoisotopic (exact) mass is 322 g/mol. The van der Waals surface area contributed by atoms with Crippen molar-refractivity contribution in [1.29, 1.82) is 5.26 Å². The van der Waals surface area contributed by atoms with E-state index >= 15 is 0 Å². The molecular formula is C15H18N2O4S. The molecule has 0 aliphatic heterocycles. The van der Waals surface area contributed by atoms with Crippen LogP contribution in [-0.4, -0.2) is 22.6 Å². The predicted octanol–water partition coefficient (Wildman–Crippen LogP) is 3.17. The molecule has 7 heteroatoms. The summed E-state index contributed by atoms with van der Waals surface area (Å²) >= 11 is 1.27. The van der Waals surface area contributed by atoms with E-state index in [1.54, 1.807) is 32.9 Å². The lowest BCUT2D eigenvalue weighted by Crippen LogP contribution is -2.24. The molecule has 1 heterocycles. The van der Waals surface area contributed by atoms with Crippen molar-refractivity contribution in [2.24, 2.45) is 0 Å². The van der Waals surface area contributed by atoms with Crippen LogP contribution in [0.25, 0.3) is 0 Å². The number of carbonyl (C=O) groups is 2. The van der Waals surface area contributed by atoms with Crippen LogP contribution in [0.4, 0.5) is 5.00 Å². The molecule has 0 aromatic carbocycles. The summed E-state index contributed by atoms with van der Waals surface area (Å²) in [5.41, 5.74) is -0.824. The summed E-state index contributed by atoms with van der Waals surface area (Å²) in [4.78, 5) is 23.9. The highest BCUT2D eigenvalue weighted by Gasteiger charge is 2.20. The smallest absolute Gasteiger partial charge is 0.350 e. The summed E-state index contributed by atoms with van der Waals surface area (Å²) in [6, 6.07) is 3.32. The largest absolute Gasteiger partial charge is 0.478 e. The minimum atomic E-state index is -1.07. The number of esters is 1. The van der Waals surface area contributed by atoms with E-state index in [0.29, 0.717) is 11.4 Å². The third kappa shape index (κ3) is 4.90. The fourth-order valence-electron chi connectivity index (χ4n) is 1.49. The van der Waals surface area contributed by atoms with Gasteiger partial charge in [0.15, 0.2) is 5.57 Å². The highest BCUT2D eigenvalue weighted by Crippen LogP contribution is 2.28. The first kappa shape index (κ1) is 17.7. The van der Waals surface area contributed by atoms with Crippen LogP contribution >= 0.6 is 11.3 Å². The lowest BCUT2D eigenvalue weighted by Gasteiger charge is -2.18. The van der Waals surface area contributed by atoms with E-state index in [-0.39, 0.29) is 11.1 Å². The van der Waals surface area contributed by atoms with Crippen molar-refractivity contribution in [2.45, 2.75) is 39.7 Å². The van der Waals surface area contributed by atoms with Crippen LogP contribution in [0.2, 0.25) is 0 Å². The fourth-order valence-corrected chi connectivity index (χ4v) is 2.45. The maximum Gasteiger partial charge on any atom is 0.350 e. The molecule has 6 nitrogen and oxygen atoms in total. The van der Waals surface area contributed by atoms with Crippen molar-refractivity contribution >= 4 is 28.3 Å². The van der Waals surface area contributed by atoms with Gasteiger partial charge in [0.25, 0.3) is 0 Å². The highest BCUT2D eigenvalue weighted by molar-refractivity contribution is 7.16. The average molecular weight is 322 g/mol. The second-order valence-electron chi connectivity index (χ2n) is 5.43. The number of nitrogens with zero attached hydrogens (tertiary/aromatic N) is 1. The van der Waals surface area contributed by atoms with Crippen molar-refractivity contribution in [3.63, 3.8) is 0 Å². The van der Waals surface area contributed by atoms with Crippen LogP contribution < -0.4 is 5.32 Å². The van der Waals surface area contributed by atoms with Crippen LogP contribution in [0.5, 0.6) is 0 Å². The van der Waals surface area contributed by atoms with Crippen molar-refractivity contribution in [1.82, 2.24) is 0 Å². The second-order valence-corrected chi connectivity index (χ2v) is 6.57. The predicted molar refractivity (Wildman–Crippen MR) is 83.8 cm³/mol. The van der Waals surface area contributed by atoms with Gasteiger partial charge in [-0.15, -0.1) is 11.3 Å². The van der Waals surface area contributed by atoms with E-state index in [2.05, 4.69) is 5.32 Å². The number of nitriles is 1. The average Bonchev–Trinajstić information content (AvgIpc) is 2.81. The number of carboxylic acids is 1. The number of nitrogens with one attached hydrogen (secondary N) is 1. The normalized spacial score (nSPS) is 11.7. The Hall–Kier alpha value is -2.33. The summed E-state index contributed by atoms with van der Waals surface area (Å²) in [5.74, 6) is -1.82. The first-order valence-electron chi connectivity index (χ1n) is 6.64. The number of aromatic carboxylic acids is 1. The van der Waals surface area contributed by atoms with Crippen LogP contribution in [0.3, 0.4) is 0 Å².